The van der Waals surface area contributed by atoms with Gasteiger partial charge in [0, 0.05) is 39.3 Å². The lowest BCUT2D eigenvalue weighted by atomic mass is 9.91. The van der Waals surface area contributed by atoms with Crippen LogP contribution in [0.4, 0.5) is 0 Å². The van der Waals surface area contributed by atoms with Crippen LogP contribution in [-0.2, 0) is 4.74 Å². The van der Waals surface area contributed by atoms with Crippen LogP contribution in [-0.4, -0.2) is 56.7 Å². The van der Waals surface area contributed by atoms with E-state index in [1.807, 2.05) is 0 Å². The first kappa shape index (κ1) is 15.5. The van der Waals surface area contributed by atoms with Crippen LogP contribution < -0.4 is 0 Å². The largest absolute Gasteiger partial charge is 0.383 e. The van der Waals surface area contributed by atoms with Gasteiger partial charge in [-0.2, -0.15) is 0 Å². The molecule has 1 saturated heterocycles. The Bertz CT molecular complexity index is 417. The molecule has 0 spiro atoms. The zero-order valence-corrected chi connectivity index (χ0v) is 13.3. The summed E-state index contributed by atoms with van der Waals surface area (Å²) >= 11 is 0. The summed E-state index contributed by atoms with van der Waals surface area (Å²) < 4.78 is 5.22. The van der Waals surface area contributed by atoms with Crippen LogP contribution >= 0.6 is 0 Å². The quantitative estimate of drug-likeness (QED) is 0.822. The Kier molecular flexibility index (Phi) is 5.58. The van der Waals surface area contributed by atoms with Crippen molar-refractivity contribution in [3.8, 4) is 0 Å². The molecule has 0 amide bonds. The highest BCUT2D eigenvalue weighted by atomic mass is 16.5. The summed E-state index contributed by atoms with van der Waals surface area (Å²) in [5.41, 5.74) is 2.98. The first-order chi connectivity index (χ1) is 9.63. The molecule has 0 saturated carbocycles. The first-order valence-corrected chi connectivity index (χ1v) is 7.63. The minimum atomic E-state index is 0.499. The Hall–Kier alpha value is -0.900. The third-order valence-corrected chi connectivity index (χ3v) is 4.32. The second-order valence-electron chi connectivity index (χ2n) is 6.07. The van der Waals surface area contributed by atoms with E-state index in [-0.39, 0.29) is 0 Å². The van der Waals surface area contributed by atoms with Crippen LogP contribution in [0.2, 0.25) is 0 Å². The molecule has 1 atom stereocenters. The molecule has 0 radical (unpaired) electrons. The van der Waals surface area contributed by atoms with Crippen molar-refractivity contribution >= 4 is 0 Å². The van der Waals surface area contributed by atoms with Crippen molar-refractivity contribution in [3.63, 3.8) is 0 Å². The summed E-state index contributed by atoms with van der Waals surface area (Å²) in [6.07, 6.45) is 0. The lowest BCUT2D eigenvalue weighted by Gasteiger charge is -2.40. The summed E-state index contributed by atoms with van der Waals surface area (Å²) in [7, 11) is 4.02. The van der Waals surface area contributed by atoms with Gasteiger partial charge in [0.1, 0.15) is 0 Å². The zero-order chi connectivity index (χ0) is 14.5. The van der Waals surface area contributed by atoms with Crippen molar-refractivity contribution in [1.29, 1.82) is 0 Å². The SMILES string of the molecule is COCCN1CCN(C)C(c2ccccc2C(C)C)C1. The fourth-order valence-corrected chi connectivity index (χ4v) is 3.03. The summed E-state index contributed by atoms with van der Waals surface area (Å²) in [5, 5.41) is 0. The highest BCUT2D eigenvalue weighted by Gasteiger charge is 2.27. The molecule has 0 aromatic heterocycles. The van der Waals surface area contributed by atoms with Crippen LogP contribution in [0.1, 0.15) is 36.9 Å². The van der Waals surface area contributed by atoms with E-state index in [0.29, 0.717) is 12.0 Å². The van der Waals surface area contributed by atoms with Crippen molar-refractivity contribution < 1.29 is 4.74 Å². The second kappa shape index (κ2) is 7.21. The maximum absolute atomic E-state index is 5.22. The molecule has 1 aliphatic heterocycles. The average molecular weight is 276 g/mol. The standard InChI is InChI=1S/C17H28N2O/c1-14(2)15-7-5-6-8-16(15)17-13-19(11-12-20-4)10-9-18(17)3/h5-8,14,17H,9-13H2,1-4H3. The predicted molar refractivity (Wildman–Crippen MR) is 84.2 cm³/mol. The number of rotatable bonds is 5. The van der Waals surface area contributed by atoms with Gasteiger partial charge < -0.3 is 4.74 Å². The van der Waals surface area contributed by atoms with Gasteiger partial charge >= 0.3 is 0 Å². The van der Waals surface area contributed by atoms with Crippen molar-refractivity contribution in [2.75, 3.05) is 46.9 Å². The Balaban J connectivity index is 2.17. The maximum atomic E-state index is 5.22. The third kappa shape index (κ3) is 3.60. The minimum absolute atomic E-state index is 0.499. The molecule has 20 heavy (non-hydrogen) atoms. The molecule has 1 aromatic carbocycles. The summed E-state index contributed by atoms with van der Waals surface area (Å²) in [4.78, 5) is 5.01. The van der Waals surface area contributed by atoms with Crippen LogP contribution in [0.5, 0.6) is 0 Å². The highest BCUT2D eigenvalue weighted by Crippen LogP contribution is 2.30. The van der Waals surface area contributed by atoms with Gasteiger partial charge in [0.2, 0.25) is 0 Å². The summed E-state index contributed by atoms with van der Waals surface area (Å²) in [6, 6.07) is 9.41. The van der Waals surface area contributed by atoms with Gasteiger partial charge in [0.15, 0.2) is 0 Å². The van der Waals surface area contributed by atoms with E-state index in [1.54, 1.807) is 7.11 Å². The zero-order valence-electron chi connectivity index (χ0n) is 13.3. The average Bonchev–Trinajstić information content (AvgIpc) is 2.46. The van der Waals surface area contributed by atoms with Crippen LogP contribution in [0.3, 0.4) is 0 Å². The molecule has 3 heteroatoms. The van der Waals surface area contributed by atoms with Gasteiger partial charge in [0.25, 0.3) is 0 Å². The highest BCUT2D eigenvalue weighted by molar-refractivity contribution is 5.33. The molecule has 0 bridgehead atoms. The molecule has 0 aliphatic carbocycles. The van der Waals surface area contributed by atoms with E-state index < -0.39 is 0 Å². The van der Waals surface area contributed by atoms with E-state index >= 15 is 0 Å². The Morgan fingerprint density at radius 1 is 1.25 bits per heavy atom. The monoisotopic (exact) mass is 276 g/mol. The number of ether oxygens (including phenoxy) is 1. The number of likely N-dealkylation sites (N-methyl/N-ethyl adjacent to an activating group) is 1. The molecule has 3 nitrogen and oxygen atoms in total. The van der Waals surface area contributed by atoms with Gasteiger partial charge in [-0.1, -0.05) is 38.1 Å². The van der Waals surface area contributed by atoms with Crippen molar-refractivity contribution in [2.24, 2.45) is 0 Å². The molecule has 1 unspecified atom stereocenters. The predicted octanol–water partition coefficient (Wildman–Crippen LogP) is 2.74. The van der Waals surface area contributed by atoms with Gasteiger partial charge in [-0.15, -0.1) is 0 Å². The van der Waals surface area contributed by atoms with Gasteiger partial charge in [-0.3, -0.25) is 9.80 Å². The van der Waals surface area contributed by atoms with E-state index in [4.69, 9.17) is 4.74 Å². The Morgan fingerprint density at radius 3 is 2.70 bits per heavy atom. The molecular weight excluding hydrogens is 248 g/mol. The van der Waals surface area contributed by atoms with E-state index in [9.17, 15) is 0 Å². The summed E-state index contributed by atoms with van der Waals surface area (Å²) in [5.74, 6) is 0.578. The van der Waals surface area contributed by atoms with Crippen LogP contribution in [0.15, 0.2) is 24.3 Å². The van der Waals surface area contributed by atoms with E-state index in [0.717, 1.165) is 32.8 Å². The van der Waals surface area contributed by atoms with E-state index in [1.165, 1.54) is 11.1 Å². The molecular formula is C17H28N2O. The molecule has 112 valence electrons. The topological polar surface area (TPSA) is 15.7 Å². The summed E-state index contributed by atoms with van der Waals surface area (Å²) in [6.45, 7) is 9.78. The van der Waals surface area contributed by atoms with Gasteiger partial charge in [-0.05, 0) is 24.1 Å². The Morgan fingerprint density at radius 2 is 2.00 bits per heavy atom. The minimum Gasteiger partial charge on any atom is -0.383 e. The van der Waals surface area contributed by atoms with Gasteiger partial charge in [-0.25, -0.2) is 0 Å². The number of piperazine rings is 1. The van der Waals surface area contributed by atoms with Crippen LogP contribution in [0, 0.1) is 0 Å². The number of nitrogens with zero attached hydrogens (tertiary/aromatic N) is 2. The molecule has 1 aliphatic rings. The van der Waals surface area contributed by atoms with Gasteiger partial charge in [0.05, 0.1) is 6.61 Å². The van der Waals surface area contributed by atoms with Crippen molar-refractivity contribution in [1.82, 2.24) is 9.80 Å². The first-order valence-electron chi connectivity index (χ1n) is 7.63. The molecule has 0 N–H and O–H groups in total. The maximum Gasteiger partial charge on any atom is 0.0589 e. The molecule has 1 fully saturated rings. The normalized spacial score (nSPS) is 21.6. The fraction of sp³-hybridized carbons (Fsp3) is 0.647. The number of methoxy groups -OCH3 is 1. The number of hydrogen-bond acceptors (Lipinski definition) is 3. The molecule has 1 heterocycles. The number of benzene rings is 1. The fourth-order valence-electron chi connectivity index (χ4n) is 3.03. The Labute approximate surface area is 123 Å². The van der Waals surface area contributed by atoms with Crippen molar-refractivity contribution in [2.45, 2.75) is 25.8 Å². The number of hydrogen-bond donors (Lipinski definition) is 0. The van der Waals surface area contributed by atoms with E-state index in [2.05, 4.69) is 55.0 Å². The lowest BCUT2D eigenvalue weighted by Crippen LogP contribution is -2.47. The lowest BCUT2D eigenvalue weighted by molar-refractivity contribution is 0.0706. The smallest absolute Gasteiger partial charge is 0.0589 e. The van der Waals surface area contributed by atoms with Crippen molar-refractivity contribution in [3.05, 3.63) is 35.4 Å². The third-order valence-electron chi connectivity index (χ3n) is 4.32. The second-order valence-corrected chi connectivity index (χ2v) is 6.07. The molecule has 1 aromatic rings. The van der Waals surface area contributed by atoms with Crippen LogP contribution in [0.25, 0.3) is 0 Å². The molecule has 2 rings (SSSR count).